The number of nitrogens with two attached hydrogens (primary N) is 1. The van der Waals surface area contributed by atoms with Gasteiger partial charge in [0, 0.05) is 18.3 Å². The monoisotopic (exact) mass is 492 g/mol. The third-order valence-corrected chi connectivity index (χ3v) is 6.51. The molecule has 0 saturated heterocycles. The standard InChI is InChI=1S/C25H24N4O5S/c1-17-9-6-7-14-22(17)35(33,34)28-25(32)27-21(15-18-10-4-3-5-11-18)24(31)29(2)20-13-8-12-19(16-20)23(26)30/h3-16H,1-2H3,(H2,26,30)(H2,27,28,32). The van der Waals surface area contributed by atoms with Gasteiger partial charge in [0.15, 0.2) is 0 Å². The van der Waals surface area contributed by atoms with Crippen molar-refractivity contribution >= 4 is 39.6 Å². The highest BCUT2D eigenvalue weighted by atomic mass is 32.2. The minimum Gasteiger partial charge on any atom is -0.366 e. The van der Waals surface area contributed by atoms with E-state index in [2.05, 4.69) is 5.32 Å². The number of carbonyl (C=O) groups excluding carboxylic acids is 3. The van der Waals surface area contributed by atoms with Crippen LogP contribution in [0.5, 0.6) is 0 Å². The maximum atomic E-state index is 13.3. The van der Waals surface area contributed by atoms with E-state index in [1.807, 2.05) is 4.72 Å². The average Bonchev–Trinajstić information content (AvgIpc) is 2.83. The van der Waals surface area contributed by atoms with Crippen molar-refractivity contribution in [1.29, 1.82) is 0 Å². The van der Waals surface area contributed by atoms with Crippen LogP contribution in [-0.2, 0) is 14.8 Å². The summed E-state index contributed by atoms with van der Waals surface area (Å²) >= 11 is 0. The molecular weight excluding hydrogens is 468 g/mol. The van der Waals surface area contributed by atoms with Gasteiger partial charge in [-0.3, -0.25) is 9.59 Å². The molecule has 0 aliphatic carbocycles. The Morgan fingerprint density at radius 2 is 1.57 bits per heavy atom. The number of hydrogen-bond donors (Lipinski definition) is 3. The van der Waals surface area contributed by atoms with Crippen molar-refractivity contribution in [3.63, 3.8) is 0 Å². The Morgan fingerprint density at radius 3 is 2.23 bits per heavy atom. The second-order valence-electron chi connectivity index (χ2n) is 7.57. The van der Waals surface area contributed by atoms with E-state index in [0.717, 1.165) is 0 Å². The van der Waals surface area contributed by atoms with E-state index < -0.39 is 27.9 Å². The number of benzene rings is 3. The zero-order valence-electron chi connectivity index (χ0n) is 19.1. The first-order valence-corrected chi connectivity index (χ1v) is 11.9. The summed E-state index contributed by atoms with van der Waals surface area (Å²) < 4.78 is 27.3. The highest BCUT2D eigenvalue weighted by molar-refractivity contribution is 7.90. The zero-order valence-corrected chi connectivity index (χ0v) is 19.9. The first kappa shape index (κ1) is 25.2. The number of amides is 4. The summed E-state index contributed by atoms with van der Waals surface area (Å²) in [6.45, 7) is 1.60. The molecule has 180 valence electrons. The molecule has 0 aromatic heterocycles. The first-order valence-electron chi connectivity index (χ1n) is 10.4. The average molecular weight is 493 g/mol. The quantitative estimate of drug-likeness (QED) is 0.435. The van der Waals surface area contributed by atoms with Gasteiger partial charge in [-0.25, -0.2) is 17.9 Å². The van der Waals surface area contributed by atoms with Crippen molar-refractivity contribution in [2.24, 2.45) is 5.73 Å². The first-order chi connectivity index (χ1) is 16.6. The molecule has 0 saturated carbocycles. The second-order valence-corrected chi connectivity index (χ2v) is 9.22. The lowest BCUT2D eigenvalue weighted by Crippen LogP contribution is -2.43. The summed E-state index contributed by atoms with van der Waals surface area (Å²) in [6, 6.07) is 19.9. The minimum atomic E-state index is -4.19. The molecule has 0 bridgehead atoms. The number of rotatable bonds is 7. The molecule has 0 unspecified atom stereocenters. The molecule has 9 nitrogen and oxygen atoms in total. The summed E-state index contributed by atoms with van der Waals surface area (Å²) in [6.07, 6.45) is 1.41. The van der Waals surface area contributed by atoms with Crippen LogP contribution in [0.4, 0.5) is 10.5 Å². The fourth-order valence-electron chi connectivity index (χ4n) is 3.22. The van der Waals surface area contributed by atoms with E-state index in [0.29, 0.717) is 16.8 Å². The highest BCUT2D eigenvalue weighted by Gasteiger charge is 2.23. The molecule has 0 atom stereocenters. The van der Waals surface area contributed by atoms with Gasteiger partial charge in [0.2, 0.25) is 5.91 Å². The summed E-state index contributed by atoms with van der Waals surface area (Å²) in [5.41, 5.74) is 6.73. The molecule has 0 radical (unpaired) electrons. The van der Waals surface area contributed by atoms with Crippen LogP contribution in [-0.4, -0.2) is 33.3 Å². The van der Waals surface area contributed by atoms with Gasteiger partial charge in [-0.1, -0.05) is 54.6 Å². The van der Waals surface area contributed by atoms with Crippen LogP contribution in [0.3, 0.4) is 0 Å². The predicted octanol–water partition coefficient (Wildman–Crippen LogP) is 2.79. The smallest absolute Gasteiger partial charge is 0.333 e. The van der Waals surface area contributed by atoms with E-state index in [9.17, 15) is 22.8 Å². The van der Waals surface area contributed by atoms with Gasteiger partial charge < -0.3 is 16.0 Å². The number of anilines is 1. The number of hydrogen-bond acceptors (Lipinski definition) is 5. The van der Waals surface area contributed by atoms with Crippen LogP contribution in [0, 0.1) is 6.92 Å². The molecule has 10 heteroatoms. The number of aryl methyl sites for hydroxylation is 1. The lowest BCUT2D eigenvalue weighted by Gasteiger charge is -2.20. The Morgan fingerprint density at radius 1 is 0.914 bits per heavy atom. The zero-order chi connectivity index (χ0) is 25.6. The molecule has 3 rings (SSSR count). The fraction of sp³-hybridized carbons (Fsp3) is 0.0800. The van der Waals surface area contributed by atoms with Crippen LogP contribution < -0.4 is 20.7 Å². The maximum Gasteiger partial charge on any atom is 0.333 e. The molecule has 3 aromatic carbocycles. The molecule has 0 aliphatic heterocycles. The van der Waals surface area contributed by atoms with Crippen molar-refractivity contribution in [1.82, 2.24) is 10.0 Å². The Hall–Kier alpha value is -4.44. The minimum absolute atomic E-state index is 0.0598. The van der Waals surface area contributed by atoms with Crippen molar-refractivity contribution in [2.45, 2.75) is 11.8 Å². The van der Waals surface area contributed by atoms with Gasteiger partial charge in [0.05, 0.1) is 4.90 Å². The summed E-state index contributed by atoms with van der Waals surface area (Å²) in [4.78, 5) is 38.7. The van der Waals surface area contributed by atoms with Crippen molar-refractivity contribution in [3.8, 4) is 0 Å². The van der Waals surface area contributed by atoms with Gasteiger partial charge in [-0.2, -0.15) is 0 Å². The Bertz CT molecular complexity index is 1400. The normalized spacial score (nSPS) is 11.4. The lowest BCUT2D eigenvalue weighted by atomic mass is 10.1. The summed E-state index contributed by atoms with van der Waals surface area (Å²) in [5, 5.41) is 2.35. The third-order valence-electron chi connectivity index (χ3n) is 5.02. The molecule has 0 fully saturated rings. The van der Waals surface area contributed by atoms with Crippen LogP contribution in [0.2, 0.25) is 0 Å². The van der Waals surface area contributed by atoms with Gasteiger partial charge in [-0.05, 0) is 48.4 Å². The van der Waals surface area contributed by atoms with Crippen LogP contribution in [0.15, 0.2) is 89.5 Å². The lowest BCUT2D eigenvalue weighted by molar-refractivity contribution is -0.115. The van der Waals surface area contributed by atoms with Gasteiger partial charge >= 0.3 is 6.03 Å². The third kappa shape index (κ3) is 6.33. The molecule has 4 N–H and O–H groups in total. The van der Waals surface area contributed by atoms with Gasteiger partial charge in [-0.15, -0.1) is 0 Å². The number of primary amides is 1. The number of urea groups is 1. The Balaban J connectivity index is 1.90. The molecule has 4 amide bonds. The molecule has 3 aromatic rings. The highest BCUT2D eigenvalue weighted by Crippen LogP contribution is 2.18. The van der Waals surface area contributed by atoms with Gasteiger partial charge in [0.1, 0.15) is 5.70 Å². The largest absolute Gasteiger partial charge is 0.366 e. The van der Waals surface area contributed by atoms with Crippen molar-refractivity contribution in [3.05, 3.63) is 101 Å². The molecule has 0 spiro atoms. The number of likely N-dealkylation sites (N-methyl/N-ethyl adjacent to an activating group) is 1. The Labute approximate surface area is 203 Å². The van der Waals surface area contributed by atoms with Gasteiger partial charge in [0.25, 0.3) is 15.9 Å². The van der Waals surface area contributed by atoms with E-state index >= 15 is 0 Å². The summed E-state index contributed by atoms with van der Waals surface area (Å²) in [7, 11) is -2.74. The SMILES string of the molecule is Cc1ccccc1S(=O)(=O)NC(=O)NC(=Cc1ccccc1)C(=O)N(C)c1cccc(C(N)=O)c1. The van der Waals surface area contributed by atoms with Crippen molar-refractivity contribution < 1.29 is 22.8 Å². The molecule has 0 heterocycles. The Kier molecular flexibility index (Phi) is 7.67. The topological polar surface area (TPSA) is 139 Å². The van der Waals surface area contributed by atoms with Crippen LogP contribution in [0.25, 0.3) is 6.08 Å². The van der Waals surface area contributed by atoms with E-state index in [4.69, 9.17) is 5.73 Å². The van der Waals surface area contributed by atoms with E-state index in [1.165, 1.54) is 36.2 Å². The summed E-state index contributed by atoms with van der Waals surface area (Å²) in [5.74, 6) is -1.31. The number of sulfonamides is 1. The van der Waals surface area contributed by atoms with E-state index in [1.54, 1.807) is 67.6 Å². The number of carbonyl (C=O) groups is 3. The number of nitrogens with one attached hydrogen (secondary N) is 2. The molecule has 35 heavy (non-hydrogen) atoms. The number of nitrogens with zero attached hydrogens (tertiary/aromatic N) is 1. The van der Waals surface area contributed by atoms with Crippen LogP contribution in [0.1, 0.15) is 21.5 Å². The van der Waals surface area contributed by atoms with E-state index in [-0.39, 0.29) is 16.2 Å². The maximum absolute atomic E-state index is 13.3. The molecule has 0 aliphatic rings. The van der Waals surface area contributed by atoms with Crippen molar-refractivity contribution in [2.75, 3.05) is 11.9 Å². The molecular formula is C25H24N4O5S. The fourth-order valence-corrected chi connectivity index (χ4v) is 4.37. The predicted molar refractivity (Wildman–Crippen MR) is 133 cm³/mol. The second kappa shape index (κ2) is 10.7. The van der Waals surface area contributed by atoms with Crippen LogP contribution >= 0.6 is 0 Å².